The zero-order valence-electron chi connectivity index (χ0n) is 9.05. The molecule has 2 N–H and O–H groups in total. The number of nitrogens with zero attached hydrogens (tertiary/aromatic N) is 2. The van der Waals surface area contributed by atoms with Crippen LogP contribution in [0.2, 0.25) is 5.02 Å². The number of nitrogen functional groups attached to an aromatic ring is 1. The second kappa shape index (κ2) is 5.25. The van der Waals surface area contributed by atoms with Crippen molar-refractivity contribution in [3.63, 3.8) is 0 Å². The van der Waals surface area contributed by atoms with E-state index in [0.717, 1.165) is 4.90 Å². The second-order valence-corrected chi connectivity index (χ2v) is 4.45. The van der Waals surface area contributed by atoms with Crippen LogP contribution in [0.5, 0.6) is 11.6 Å². The van der Waals surface area contributed by atoms with Gasteiger partial charge in [-0.15, -0.1) is 11.8 Å². The molecule has 0 atom stereocenters. The number of halogens is 1. The smallest absolute Gasteiger partial charge is 0.243 e. The molecular formula is C11H10ClN3OS. The Hall–Kier alpha value is -1.46. The third-order valence-electron chi connectivity index (χ3n) is 2.00. The lowest BCUT2D eigenvalue weighted by Gasteiger charge is -2.06. The van der Waals surface area contributed by atoms with Gasteiger partial charge in [0.2, 0.25) is 11.8 Å². The molecule has 0 radical (unpaired) electrons. The molecule has 0 aliphatic carbocycles. The fourth-order valence-electron chi connectivity index (χ4n) is 1.19. The topological polar surface area (TPSA) is 61.0 Å². The maximum absolute atomic E-state index is 5.89. The molecule has 0 spiro atoms. The average Bonchev–Trinajstić information content (AvgIpc) is 2.35. The fourth-order valence-corrected chi connectivity index (χ4v) is 1.73. The van der Waals surface area contributed by atoms with Gasteiger partial charge >= 0.3 is 0 Å². The van der Waals surface area contributed by atoms with Gasteiger partial charge < -0.3 is 10.5 Å². The lowest BCUT2D eigenvalue weighted by Crippen LogP contribution is -1.97. The second-order valence-electron chi connectivity index (χ2n) is 3.16. The van der Waals surface area contributed by atoms with Crippen LogP contribution in [0.25, 0.3) is 0 Å². The van der Waals surface area contributed by atoms with Crippen molar-refractivity contribution >= 4 is 29.3 Å². The van der Waals surface area contributed by atoms with Crippen LogP contribution < -0.4 is 10.5 Å². The van der Waals surface area contributed by atoms with Crippen LogP contribution in [-0.2, 0) is 0 Å². The van der Waals surface area contributed by atoms with Gasteiger partial charge in [-0.1, -0.05) is 11.6 Å². The van der Waals surface area contributed by atoms with Crippen LogP contribution in [-0.4, -0.2) is 16.2 Å². The molecule has 0 saturated carbocycles. The molecule has 0 saturated heterocycles. The zero-order valence-corrected chi connectivity index (χ0v) is 10.6. The Balaban J connectivity index is 2.22. The van der Waals surface area contributed by atoms with Crippen molar-refractivity contribution in [2.75, 3.05) is 12.0 Å². The number of anilines is 1. The molecule has 0 bridgehead atoms. The maximum atomic E-state index is 5.89. The Bertz CT molecular complexity index is 519. The first-order valence-corrected chi connectivity index (χ1v) is 6.39. The molecule has 4 nitrogen and oxygen atoms in total. The Morgan fingerprint density at radius 3 is 2.65 bits per heavy atom. The number of hydrogen-bond donors (Lipinski definition) is 1. The lowest BCUT2D eigenvalue weighted by atomic mass is 10.3. The summed E-state index contributed by atoms with van der Waals surface area (Å²) in [7, 11) is 0. The van der Waals surface area contributed by atoms with Gasteiger partial charge in [0, 0.05) is 4.90 Å². The normalized spacial score (nSPS) is 10.2. The highest BCUT2D eigenvalue weighted by atomic mass is 35.5. The van der Waals surface area contributed by atoms with E-state index in [1.165, 1.54) is 6.20 Å². The first-order chi connectivity index (χ1) is 8.19. The standard InChI is InChI=1S/C11H10ClN3OS/c1-17-8-4-2-7(3-5-8)16-10-9(12)6-14-11(13)15-10/h2-6H,1H3,(H2,13,14,15). The largest absolute Gasteiger partial charge is 0.437 e. The van der Waals surface area contributed by atoms with Crippen LogP contribution in [0.1, 0.15) is 0 Å². The van der Waals surface area contributed by atoms with Crippen molar-refractivity contribution in [2.24, 2.45) is 0 Å². The minimum Gasteiger partial charge on any atom is -0.437 e. The van der Waals surface area contributed by atoms with Gasteiger partial charge in [0.05, 0.1) is 6.20 Å². The molecular weight excluding hydrogens is 258 g/mol. The summed E-state index contributed by atoms with van der Waals surface area (Å²) in [6.45, 7) is 0. The summed E-state index contributed by atoms with van der Waals surface area (Å²) in [5.74, 6) is 1.05. The van der Waals surface area contributed by atoms with Gasteiger partial charge in [0.25, 0.3) is 0 Å². The van der Waals surface area contributed by atoms with Crippen molar-refractivity contribution in [3.05, 3.63) is 35.5 Å². The highest BCUT2D eigenvalue weighted by Gasteiger charge is 2.06. The minimum absolute atomic E-state index is 0.130. The summed E-state index contributed by atoms with van der Waals surface area (Å²) in [6, 6.07) is 7.61. The predicted molar refractivity (Wildman–Crippen MR) is 69.8 cm³/mol. The molecule has 1 aromatic carbocycles. The SMILES string of the molecule is CSc1ccc(Oc2nc(N)ncc2Cl)cc1. The fraction of sp³-hybridized carbons (Fsp3) is 0.0909. The van der Waals surface area contributed by atoms with Crippen molar-refractivity contribution in [1.82, 2.24) is 9.97 Å². The summed E-state index contributed by atoms with van der Waals surface area (Å²) in [4.78, 5) is 8.84. The highest BCUT2D eigenvalue weighted by Crippen LogP contribution is 2.28. The van der Waals surface area contributed by atoms with Gasteiger partial charge in [-0.25, -0.2) is 4.98 Å². The summed E-state index contributed by atoms with van der Waals surface area (Å²) < 4.78 is 5.52. The van der Waals surface area contributed by atoms with Gasteiger partial charge in [0.1, 0.15) is 10.8 Å². The van der Waals surface area contributed by atoms with E-state index in [9.17, 15) is 0 Å². The Labute approximate surface area is 108 Å². The monoisotopic (exact) mass is 267 g/mol. The summed E-state index contributed by atoms with van der Waals surface area (Å²) in [5, 5.41) is 0.327. The molecule has 6 heteroatoms. The van der Waals surface area contributed by atoms with Crippen LogP contribution in [0.15, 0.2) is 35.4 Å². The summed E-state index contributed by atoms with van der Waals surface area (Å²) in [5.41, 5.74) is 5.46. The third kappa shape index (κ3) is 3.01. The first-order valence-electron chi connectivity index (χ1n) is 4.79. The van der Waals surface area contributed by atoms with Crippen molar-refractivity contribution in [1.29, 1.82) is 0 Å². The van der Waals surface area contributed by atoms with Crippen molar-refractivity contribution in [2.45, 2.75) is 4.90 Å². The number of aromatic nitrogens is 2. The van der Waals surface area contributed by atoms with E-state index in [1.807, 2.05) is 30.5 Å². The number of thioether (sulfide) groups is 1. The van der Waals surface area contributed by atoms with E-state index in [2.05, 4.69) is 9.97 Å². The average molecular weight is 268 g/mol. The van der Waals surface area contributed by atoms with E-state index in [4.69, 9.17) is 22.1 Å². The molecule has 88 valence electrons. The predicted octanol–water partition coefficient (Wildman–Crippen LogP) is 3.23. The van der Waals surface area contributed by atoms with Crippen LogP contribution in [0.4, 0.5) is 5.95 Å². The maximum Gasteiger partial charge on any atom is 0.243 e. The summed E-state index contributed by atoms with van der Waals surface area (Å²) in [6.07, 6.45) is 3.42. The molecule has 0 aliphatic rings. The molecule has 1 heterocycles. The highest BCUT2D eigenvalue weighted by molar-refractivity contribution is 7.98. The Morgan fingerprint density at radius 1 is 1.29 bits per heavy atom. The van der Waals surface area contributed by atoms with E-state index < -0.39 is 0 Å². The molecule has 0 fully saturated rings. The molecule has 2 aromatic rings. The third-order valence-corrected chi connectivity index (χ3v) is 3.01. The molecule has 2 rings (SSSR count). The van der Waals surface area contributed by atoms with E-state index >= 15 is 0 Å². The quantitative estimate of drug-likeness (QED) is 0.865. The number of nitrogens with two attached hydrogens (primary N) is 1. The van der Waals surface area contributed by atoms with E-state index in [0.29, 0.717) is 10.8 Å². The summed E-state index contributed by atoms with van der Waals surface area (Å²) >= 11 is 7.56. The van der Waals surface area contributed by atoms with Crippen LogP contribution in [0.3, 0.4) is 0 Å². The Morgan fingerprint density at radius 2 is 2.00 bits per heavy atom. The number of ether oxygens (including phenoxy) is 1. The van der Waals surface area contributed by atoms with Crippen molar-refractivity contribution < 1.29 is 4.74 Å². The first kappa shape index (κ1) is 12.0. The van der Waals surface area contributed by atoms with Crippen LogP contribution in [0, 0.1) is 0 Å². The number of hydrogen-bond acceptors (Lipinski definition) is 5. The van der Waals surface area contributed by atoms with Gasteiger partial charge in [-0.05, 0) is 30.5 Å². The number of rotatable bonds is 3. The van der Waals surface area contributed by atoms with Gasteiger partial charge in [-0.3, -0.25) is 0 Å². The van der Waals surface area contributed by atoms with E-state index in [1.54, 1.807) is 11.8 Å². The molecule has 0 unspecified atom stereocenters. The van der Waals surface area contributed by atoms with Gasteiger partial charge in [-0.2, -0.15) is 4.98 Å². The zero-order chi connectivity index (χ0) is 12.3. The molecule has 0 aliphatic heterocycles. The minimum atomic E-state index is 0.130. The molecule has 0 amide bonds. The van der Waals surface area contributed by atoms with Crippen molar-refractivity contribution in [3.8, 4) is 11.6 Å². The number of benzene rings is 1. The van der Waals surface area contributed by atoms with Crippen LogP contribution >= 0.6 is 23.4 Å². The Kier molecular flexibility index (Phi) is 3.71. The lowest BCUT2D eigenvalue weighted by molar-refractivity contribution is 0.462. The van der Waals surface area contributed by atoms with Gasteiger partial charge in [0.15, 0.2) is 0 Å². The molecule has 17 heavy (non-hydrogen) atoms. The molecule has 1 aromatic heterocycles. The van der Waals surface area contributed by atoms with E-state index in [-0.39, 0.29) is 11.8 Å².